The summed E-state index contributed by atoms with van der Waals surface area (Å²) in [7, 11) is 0. The average molecular weight is 304 g/mol. The van der Waals surface area contributed by atoms with Gasteiger partial charge in [-0.05, 0) is 43.5 Å². The summed E-state index contributed by atoms with van der Waals surface area (Å²) >= 11 is 3.49. The summed E-state index contributed by atoms with van der Waals surface area (Å²) in [5.74, 6) is 0. The fourth-order valence-corrected chi connectivity index (χ4v) is 2.71. The van der Waals surface area contributed by atoms with Crippen LogP contribution in [0.4, 0.5) is 0 Å². The zero-order valence-electron chi connectivity index (χ0n) is 10.8. The van der Waals surface area contributed by atoms with Crippen LogP contribution < -0.4 is 5.73 Å². The van der Waals surface area contributed by atoms with E-state index in [-0.39, 0.29) is 6.04 Å². The standard InChI is InChI=1S/C16H18BrN/c1-11-6-12(2)8-14(7-11)16(18)10-13-4-3-5-15(17)9-13/h3-9,16H,10,18H2,1-2H3. The monoisotopic (exact) mass is 303 g/mol. The number of rotatable bonds is 3. The molecule has 2 heteroatoms. The van der Waals surface area contributed by atoms with Gasteiger partial charge in [-0.25, -0.2) is 0 Å². The minimum Gasteiger partial charge on any atom is -0.324 e. The van der Waals surface area contributed by atoms with Gasteiger partial charge in [0, 0.05) is 10.5 Å². The van der Waals surface area contributed by atoms with E-state index < -0.39 is 0 Å². The van der Waals surface area contributed by atoms with Crippen LogP contribution in [0.15, 0.2) is 46.9 Å². The molecule has 1 atom stereocenters. The van der Waals surface area contributed by atoms with E-state index in [0.29, 0.717) is 0 Å². The smallest absolute Gasteiger partial charge is 0.0335 e. The van der Waals surface area contributed by atoms with Crippen molar-refractivity contribution in [3.63, 3.8) is 0 Å². The van der Waals surface area contributed by atoms with E-state index in [0.717, 1.165) is 10.9 Å². The molecule has 2 rings (SSSR count). The van der Waals surface area contributed by atoms with Crippen molar-refractivity contribution in [3.05, 3.63) is 69.2 Å². The maximum Gasteiger partial charge on any atom is 0.0335 e. The van der Waals surface area contributed by atoms with Crippen molar-refractivity contribution in [2.75, 3.05) is 0 Å². The van der Waals surface area contributed by atoms with Crippen molar-refractivity contribution in [1.82, 2.24) is 0 Å². The second-order valence-corrected chi connectivity index (χ2v) is 5.78. The number of aryl methyl sites for hydroxylation is 2. The van der Waals surface area contributed by atoms with Crippen LogP contribution in [0.2, 0.25) is 0 Å². The third kappa shape index (κ3) is 3.44. The SMILES string of the molecule is Cc1cc(C)cc(C(N)Cc2cccc(Br)c2)c1. The van der Waals surface area contributed by atoms with Gasteiger partial charge in [0.25, 0.3) is 0 Å². The van der Waals surface area contributed by atoms with Crippen LogP contribution in [0.3, 0.4) is 0 Å². The zero-order chi connectivity index (χ0) is 13.1. The van der Waals surface area contributed by atoms with E-state index >= 15 is 0 Å². The lowest BCUT2D eigenvalue weighted by atomic mass is 9.97. The van der Waals surface area contributed by atoms with Crippen LogP contribution >= 0.6 is 15.9 Å². The van der Waals surface area contributed by atoms with Crippen LogP contribution in [0.25, 0.3) is 0 Å². The Balaban J connectivity index is 2.19. The van der Waals surface area contributed by atoms with Crippen molar-refractivity contribution in [3.8, 4) is 0 Å². The summed E-state index contributed by atoms with van der Waals surface area (Å²) in [5, 5.41) is 0. The molecule has 0 bridgehead atoms. The summed E-state index contributed by atoms with van der Waals surface area (Å²) in [6.45, 7) is 4.23. The minimum atomic E-state index is 0.0536. The molecule has 18 heavy (non-hydrogen) atoms. The van der Waals surface area contributed by atoms with Crippen molar-refractivity contribution in [2.24, 2.45) is 5.73 Å². The Bertz CT molecular complexity index is 528. The highest BCUT2D eigenvalue weighted by Gasteiger charge is 2.08. The molecule has 94 valence electrons. The van der Waals surface area contributed by atoms with E-state index in [2.05, 4.69) is 60.1 Å². The molecule has 2 N–H and O–H groups in total. The van der Waals surface area contributed by atoms with E-state index in [1.165, 1.54) is 22.3 Å². The Morgan fingerprint density at radius 2 is 1.72 bits per heavy atom. The molecular formula is C16H18BrN. The second kappa shape index (κ2) is 5.68. The predicted molar refractivity (Wildman–Crippen MR) is 80.7 cm³/mol. The molecule has 0 fully saturated rings. The van der Waals surface area contributed by atoms with Crippen LogP contribution in [0, 0.1) is 13.8 Å². The summed E-state index contributed by atoms with van der Waals surface area (Å²) in [5.41, 5.74) is 11.3. The Kier molecular flexibility index (Phi) is 4.20. The molecule has 0 saturated heterocycles. The molecule has 0 aliphatic carbocycles. The Labute approximate surface area is 117 Å². The molecule has 0 radical (unpaired) electrons. The number of benzene rings is 2. The van der Waals surface area contributed by atoms with Gasteiger partial charge in [0.2, 0.25) is 0 Å². The van der Waals surface area contributed by atoms with Crippen molar-refractivity contribution >= 4 is 15.9 Å². The van der Waals surface area contributed by atoms with Gasteiger partial charge >= 0.3 is 0 Å². The maximum atomic E-state index is 6.30. The van der Waals surface area contributed by atoms with Gasteiger partial charge in [-0.2, -0.15) is 0 Å². The summed E-state index contributed by atoms with van der Waals surface area (Å²) in [6, 6.07) is 14.9. The average Bonchev–Trinajstić information content (AvgIpc) is 2.27. The molecule has 0 spiro atoms. The van der Waals surface area contributed by atoms with Gasteiger partial charge < -0.3 is 5.73 Å². The van der Waals surface area contributed by atoms with Gasteiger partial charge in [-0.3, -0.25) is 0 Å². The first-order valence-corrected chi connectivity index (χ1v) is 6.92. The Morgan fingerprint density at radius 1 is 1.06 bits per heavy atom. The Hall–Kier alpha value is -1.12. The minimum absolute atomic E-state index is 0.0536. The van der Waals surface area contributed by atoms with E-state index in [9.17, 15) is 0 Å². The molecule has 0 aliphatic rings. The largest absolute Gasteiger partial charge is 0.324 e. The lowest BCUT2D eigenvalue weighted by Crippen LogP contribution is -2.13. The van der Waals surface area contributed by atoms with E-state index in [1.807, 2.05) is 12.1 Å². The van der Waals surface area contributed by atoms with Gasteiger partial charge in [0.15, 0.2) is 0 Å². The molecular weight excluding hydrogens is 286 g/mol. The first kappa shape index (κ1) is 13.3. The Morgan fingerprint density at radius 3 is 2.33 bits per heavy atom. The van der Waals surface area contributed by atoms with Gasteiger partial charge in [-0.15, -0.1) is 0 Å². The van der Waals surface area contributed by atoms with Crippen molar-refractivity contribution in [1.29, 1.82) is 0 Å². The van der Waals surface area contributed by atoms with Crippen molar-refractivity contribution in [2.45, 2.75) is 26.3 Å². The second-order valence-electron chi connectivity index (χ2n) is 4.86. The van der Waals surface area contributed by atoms with Gasteiger partial charge in [-0.1, -0.05) is 57.4 Å². The number of hydrogen-bond acceptors (Lipinski definition) is 1. The molecule has 0 heterocycles. The molecule has 2 aromatic rings. The molecule has 0 aromatic heterocycles. The fourth-order valence-electron chi connectivity index (χ4n) is 2.26. The van der Waals surface area contributed by atoms with E-state index in [1.54, 1.807) is 0 Å². The normalized spacial score (nSPS) is 12.4. The van der Waals surface area contributed by atoms with Crippen LogP contribution in [0.1, 0.15) is 28.3 Å². The van der Waals surface area contributed by atoms with Gasteiger partial charge in [0.1, 0.15) is 0 Å². The van der Waals surface area contributed by atoms with Crippen LogP contribution in [-0.2, 0) is 6.42 Å². The third-order valence-corrected chi connectivity index (χ3v) is 3.51. The number of halogens is 1. The van der Waals surface area contributed by atoms with Crippen LogP contribution in [0.5, 0.6) is 0 Å². The van der Waals surface area contributed by atoms with Crippen molar-refractivity contribution < 1.29 is 0 Å². The lowest BCUT2D eigenvalue weighted by Gasteiger charge is -2.14. The molecule has 0 amide bonds. The fraction of sp³-hybridized carbons (Fsp3) is 0.250. The molecule has 0 aliphatic heterocycles. The maximum absolute atomic E-state index is 6.30. The molecule has 1 unspecified atom stereocenters. The van der Waals surface area contributed by atoms with E-state index in [4.69, 9.17) is 5.73 Å². The van der Waals surface area contributed by atoms with Crippen LogP contribution in [-0.4, -0.2) is 0 Å². The first-order chi connectivity index (χ1) is 8.54. The lowest BCUT2D eigenvalue weighted by molar-refractivity contribution is 0.720. The first-order valence-electron chi connectivity index (χ1n) is 6.13. The summed E-state index contributed by atoms with van der Waals surface area (Å²) in [4.78, 5) is 0. The number of nitrogens with two attached hydrogens (primary N) is 1. The molecule has 2 aromatic carbocycles. The predicted octanol–water partition coefficient (Wildman–Crippen LogP) is 4.31. The quantitative estimate of drug-likeness (QED) is 0.898. The highest BCUT2D eigenvalue weighted by molar-refractivity contribution is 9.10. The highest BCUT2D eigenvalue weighted by Crippen LogP contribution is 2.20. The molecule has 0 saturated carbocycles. The topological polar surface area (TPSA) is 26.0 Å². The zero-order valence-corrected chi connectivity index (χ0v) is 12.4. The summed E-state index contributed by atoms with van der Waals surface area (Å²) in [6.07, 6.45) is 0.863. The van der Waals surface area contributed by atoms with Gasteiger partial charge in [0.05, 0.1) is 0 Å². The summed E-state index contributed by atoms with van der Waals surface area (Å²) < 4.78 is 1.10. The molecule has 1 nitrogen and oxygen atoms in total. The number of hydrogen-bond donors (Lipinski definition) is 1. The highest BCUT2D eigenvalue weighted by atomic mass is 79.9. The third-order valence-electron chi connectivity index (χ3n) is 3.02.